The van der Waals surface area contributed by atoms with Gasteiger partial charge in [-0.1, -0.05) is 17.7 Å². The van der Waals surface area contributed by atoms with Gasteiger partial charge in [0.1, 0.15) is 4.88 Å². The van der Waals surface area contributed by atoms with Gasteiger partial charge in [-0.25, -0.2) is 4.98 Å². The Morgan fingerprint density at radius 1 is 1.43 bits per heavy atom. The van der Waals surface area contributed by atoms with Gasteiger partial charge in [0.05, 0.1) is 21.9 Å². The smallest absolute Gasteiger partial charge is 0.263 e. The number of anilines is 1. The second-order valence-corrected chi connectivity index (χ2v) is 6.62. The first-order valence-corrected chi connectivity index (χ1v) is 8.42. The molecule has 0 saturated heterocycles. The number of amides is 1. The number of carbonyl (C=O) groups is 1. The second kappa shape index (κ2) is 6.01. The van der Waals surface area contributed by atoms with E-state index in [1.54, 1.807) is 22.9 Å². The molecule has 0 aliphatic rings. The molecule has 2 heterocycles. The number of nitrogen functional groups attached to an aromatic ring is 1. The molecule has 1 amide bonds. The molecule has 3 rings (SSSR count). The van der Waals surface area contributed by atoms with Gasteiger partial charge in [0.25, 0.3) is 5.91 Å². The number of thiophene rings is 1. The number of halogens is 1. The molecule has 2 aromatic heterocycles. The molecule has 21 heavy (non-hydrogen) atoms. The number of hydrogen-bond acceptors (Lipinski definition) is 5. The van der Waals surface area contributed by atoms with Gasteiger partial charge in [0, 0.05) is 28.4 Å². The number of benzene rings is 1. The predicted octanol–water partition coefficient (Wildman–Crippen LogP) is 3.57. The Kier molecular flexibility index (Phi) is 4.10. The van der Waals surface area contributed by atoms with Crippen molar-refractivity contribution in [1.82, 2.24) is 10.3 Å². The second-order valence-electron chi connectivity index (χ2n) is 4.44. The molecular formula is C14H12ClN3OS2. The van der Waals surface area contributed by atoms with E-state index in [1.165, 1.54) is 11.3 Å². The van der Waals surface area contributed by atoms with Gasteiger partial charge in [-0.2, -0.15) is 0 Å². The lowest BCUT2D eigenvalue weighted by atomic mass is 10.2. The molecule has 108 valence electrons. The van der Waals surface area contributed by atoms with Crippen molar-refractivity contribution >= 4 is 56.0 Å². The number of carbonyl (C=O) groups excluding carboxylic acids is 1. The average Bonchev–Trinajstić information content (AvgIpc) is 3.08. The van der Waals surface area contributed by atoms with Gasteiger partial charge >= 0.3 is 0 Å². The van der Waals surface area contributed by atoms with Crippen LogP contribution in [0.2, 0.25) is 5.02 Å². The third kappa shape index (κ3) is 2.88. The summed E-state index contributed by atoms with van der Waals surface area (Å²) in [5.41, 5.74) is 9.27. The number of nitrogens with one attached hydrogen (secondary N) is 1. The largest absolute Gasteiger partial charge is 0.397 e. The maximum absolute atomic E-state index is 12.2. The molecule has 0 aliphatic heterocycles. The zero-order valence-electron chi connectivity index (χ0n) is 10.9. The summed E-state index contributed by atoms with van der Waals surface area (Å²) in [6.45, 7) is 0.532. The van der Waals surface area contributed by atoms with Gasteiger partial charge in [0.2, 0.25) is 0 Å². The molecule has 0 bridgehead atoms. The van der Waals surface area contributed by atoms with Gasteiger partial charge in [-0.05, 0) is 12.1 Å². The Morgan fingerprint density at radius 3 is 3.00 bits per heavy atom. The SMILES string of the molecule is Nc1c(C(=O)NCCc2cscn2)sc2cccc(Cl)c12. The highest BCUT2D eigenvalue weighted by Crippen LogP contribution is 2.37. The lowest BCUT2D eigenvalue weighted by Gasteiger charge is -2.03. The van der Waals surface area contributed by atoms with Crippen molar-refractivity contribution < 1.29 is 4.79 Å². The van der Waals surface area contributed by atoms with Crippen molar-refractivity contribution in [2.75, 3.05) is 12.3 Å². The van der Waals surface area contributed by atoms with Gasteiger partial charge < -0.3 is 11.1 Å². The summed E-state index contributed by atoms with van der Waals surface area (Å²) in [4.78, 5) is 16.9. The van der Waals surface area contributed by atoms with Crippen LogP contribution < -0.4 is 11.1 Å². The van der Waals surface area contributed by atoms with E-state index in [2.05, 4.69) is 10.3 Å². The highest BCUT2D eigenvalue weighted by atomic mass is 35.5. The van der Waals surface area contributed by atoms with Crippen molar-refractivity contribution in [1.29, 1.82) is 0 Å². The maximum Gasteiger partial charge on any atom is 0.263 e. The number of thiazole rings is 1. The molecule has 1 aromatic carbocycles. The molecule has 3 aromatic rings. The van der Waals surface area contributed by atoms with E-state index in [0.717, 1.165) is 15.8 Å². The highest BCUT2D eigenvalue weighted by Gasteiger charge is 2.17. The lowest BCUT2D eigenvalue weighted by Crippen LogP contribution is -2.25. The molecule has 4 nitrogen and oxygen atoms in total. The minimum atomic E-state index is -0.167. The Hall–Kier alpha value is -1.63. The molecule has 0 radical (unpaired) electrons. The van der Waals surface area contributed by atoms with E-state index in [9.17, 15) is 4.79 Å². The van der Waals surface area contributed by atoms with Crippen LogP contribution in [0.4, 0.5) is 5.69 Å². The van der Waals surface area contributed by atoms with Crippen molar-refractivity contribution in [3.63, 3.8) is 0 Å². The zero-order valence-corrected chi connectivity index (χ0v) is 13.3. The minimum absolute atomic E-state index is 0.167. The van der Waals surface area contributed by atoms with Crippen LogP contribution in [0.15, 0.2) is 29.1 Å². The third-order valence-corrected chi connectivity index (χ3v) is 5.18. The fourth-order valence-electron chi connectivity index (χ4n) is 2.04. The van der Waals surface area contributed by atoms with E-state index >= 15 is 0 Å². The lowest BCUT2D eigenvalue weighted by molar-refractivity contribution is 0.0959. The fourth-order valence-corrected chi connectivity index (χ4v) is 4.03. The first kappa shape index (κ1) is 14.3. The van der Waals surface area contributed by atoms with Crippen LogP contribution in [0.1, 0.15) is 15.4 Å². The summed E-state index contributed by atoms with van der Waals surface area (Å²) in [5, 5.41) is 6.17. The van der Waals surface area contributed by atoms with Crippen LogP contribution in [0.3, 0.4) is 0 Å². The minimum Gasteiger partial charge on any atom is -0.397 e. The summed E-state index contributed by atoms with van der Waals surface area (Å²) in [6, 6.07) is 5.54. The molecule has 3 N–H and O–H groups in total. The number of nitrogens with zero attached hydrogens (tertiary/aromatic N) is 1. The first-order valence-electron chi connectivity index (χ1n) is 6.28. The third-order valence-electron chi connectivity index (χ3n) is 3.06. The number of rotatable bonds is 4. The average molecular weight is 338 g/mol. The number of hydrogen-bond donors (Lipinski definition) is 2. The van der Waals surface area contributed by atoms with Crippen LogP contribution in [0, 0.1) is 0 Å². The Bertz CT molecular complexity index is 783. The summed E-state index contributed by atoms with van der Waals surface area (Å²) in [6.07, 6.45) is 0.709. The van der Waals surface area contributed by atoms with Gasteiger partial charge in [-0.3, -0.25) is 4.79 Å². The van der Waals surface area contributed by atoms with E-state index < -0.39 is 0 Å². The molecule has 0 spiro atoms. The molecule has 0 unspecified atom stereocenters. The summed E-state index contributed by atoms with van der Waals surface area (Å²) >= 11 is 9.04. The number of fused-ring (bicyclic) bond motifs is 1. The van der Waals surface area contributed by atoms with Crippen LogP contribution in [0.25, 0.3) is 10.1 Å². The molecule has 0 aliphatic carbocycles. The molecular weight excluding hydrogens is 326 g/mol. The van der Waals surface area contributed by atoms with Gasteiger partial charge in [0.15, 0.2) is 0 Å². The van der Waals surface area contributed by atoms with Crippen LogP contribution >= 0.6 is 34.3 Å². The number of nitrogens with two attached hydrogens (primary N) is 1. The topological polar surface area (TPSA) is 68.0 Å². The van der Waals surface area contributed by atoms with Gasteiger partial charge in [-0.15, -0.1) is 22.7 Å². The van der Waals surface area contributed by atoms with Crippen molar-refractivity contribution in [3.8, 4) is 0 Å². The predicted molar refractivity (Wildman–Crippen MR) is 89.4 cm³/mol. The summed E-state index contributed by atoms with van der Waals surface area (Å²) in [5.74, 6) is -0.167. The van der Waals surface area contributed by atoms with Crippen LogP contribution in [0.5, 0.6) is 0 Å². The van der Waals surface area contributed by atoms with Crippen LogP contribution in [-0.2, 0) is 6.42 Å². The van der Waals surface area contributed by atoms with E-state index in [-0.39, 0.29) is 5.91 Å². The van der Waals surface area contributed by atoms with Crippen LogP contribution in [-0.4, -0.2) is 17.4 Å². The fraction of sp³-hybridized carbons (Fsp3) is 0.143. The zero-order chi connectivity index (χ0) is 14.8. The summed E-state index contributed by atoms with van der Waals surface area (Å²) in [7, 11) is 0. The Morgan fingerprint density at radius 2 is 2.29 bits per heavy atom. The quantitative estimate of drug-likeness (QED) is 0.764. The maximum atomic E-state index is 12.2. The first-order chi connectivity index (χ1) is 10.2. The van der Waals surface area contributed by atoms with E-state index in [4.69, 9.17) is 17.3 Å². The molecule has 0 fully saturated rings. The molecule has 0 saturated carbocycles. The molecule has 0 atom stereocenters. The Labute approximate surface area is 134 Å². The van der Waals surface area contributed by atoms with Crippen molar-refractivity contribution in [2.24, 2.45) is 0 Å². The van der Waals surface area contributed by atoms with Crippen molar-refractivity contribution in [2.45, 2.75) is 6.42 Å². The highest BCUT2D eigenvalue weighted by molar-refractivity contribution is 7.21. The summed E-state index contributed by atoms with van der Waals surface area (Å²) < 4.78 is 0.921. The standard InChI is InChI=1S/C14H12ClN3OS2/c15-9-2-1-3-10-11(9)12(16)13(21-10)14(19)17-5-4-8-6-20-7-18-8/h1-3,6-7H,4-5,16H2,(H,17,19). The Balaban J connectivity index is 1.75. The number of aromatic nitrogens is 1. The normalized spacial score (nSPS) is 10.9. The van der Waals surface area contributed by atoms with Crippen molar-refractivity contribution in [3.05, 3.63) is 44.7 Å². The monoisotopic (exact) mass is 337 g/mol. The van der Waals surface area contributed by atoms with E-state index in [0.29, 0.717) is 28.6 Å². The van der Waals surface area contributed by atoms with E-state index in [1.807, 2.05) is 17.5 Å². The molecule has 7 heteroatoms.